The summed E-state index contributed by atoms with van der Waals surface area (Å²) in [6.07, 6.45) is 4.34. The molecule has 0 radical (unpaired) electrons. The first-order valence-corrected chi connectivity index (χ1v) is 9.83. The standard InChI is InChI=1S/C27H24N2.ClH/c1-29(2)25-17-15-21(16-18-25)13-14-22-19-26(23-9-5-3-6-10-23)28-27(20-22)24-11-7-4-8-12-24;/h3-20H,1-2H3;1H. The van der Waals surface area contributed by atoms with Gasteiger partial charge in [-0.2, -0.15) is 0 Å². The zero-order valence-corrected chi connectivity index (χ0v) is 18.0. The van der Waals surface area contributed by atoms with Gasteiger partial charge in [0, 0.05) is 43.0 Å². The largest absolute Gasteiger partial charge is 1.00 e. The third-order valence-corrected chi connectivity index (χ3v) is 4.94. The van der Waals surface area contributed by atoms with E-state index in [0.717, 1.165) is 17.0 Å². The Morgan fingerprint density at radius 3 is 1.53 bits per heavy atom. The van der Waals surface area contributed by atoms with Gasteiger partial charge in [-0.05, 0) is 47.5 Å². The minimum atomic E-state index is 0. The SMILES string of the molecule is CN(C)c1ccc(C=Cc2cc(-c3ccccc3)[nH+]c(-c3ccccc3)c2)cc1.[Cl-]. The molecular weight excluding hydrogens is 388 g/mol. The number of aromatic nitrogens is 1. The lowest BCUT2D eigenvalue weighted by molar-refractivity contribution is -0.351. The van der Waals surface area contributed by atoms with E-state index >= 15 is 0 Å². The van der Waals surface area contributed by atoms with Crippen molar-refractivity contribution in [3.63, 3.8) is 0 Å². The van der Waals surface area contributed by atoms with Gasteiger partial charge in [-0.15, -0.1) is 0 Å². The fraction of sp³-hybridized carbons (Fsp3) is 0.0741. The van der Waals surface area contributed by atoms with Gasteiger partial charge in [0.05, 0.1) is 0 Å². The predicted molar refractivity (Wildman–Crippen MR) is 124 cm³/mol. The highest BCUT2D eigenvalue weighted by molar-refractivity contribution is 5.74. The number of anilines is 1. The molecular formula is C27H25ClN2. The molecule has 0 aliphatic rings. The first-order chi connectivity index (χ1) is 14.2. The van der Waals surface area contributed by atoms with Crippen molar-refractivity contribution in [3.05, 3.63) is 108 Å². The fourth-order valence-corrected chi connectivity index (χ4v) is 3.31. The lowest BCUT2D eigenvalue weighted by Crippen LogP contribution is -3.00. The summed E-state index contributed by atoms with van der Waals surface area (Å²) >= 11 is 0. The first-order valence-electron chi connectivity index (χ1n) is 9.83. The van der Waals surface area contributed by atoms with Crippen molar-refractivity contribution in [2.45, 2.75) is 0 Å². The monoisotopic (exact) mass is 412 g/mol. The molecule has 0 aliphatic carbocycles. The van der Waals surface area contributed by atoms with Gasteiger partial charge in [0.15, 0.2) is 0 Å². The molecule has 4 aromatic rings. The van der Waals surface area contributed by atoms with Crippen LogP contribution in [0.1, 0.15) is 11.1 Å². The summed E-state index contributed by atoms with van der Waals surface area (Å²) in [5.74, 6) is 0. The second-order valence-corrected chi connectivity index (χ2v) is 7.29. The second kappa shape index (κ2) is 9.91. The Labute approximate surface area is 185 Å². The molecule has 0 bridgehead atoms. The molecule has 0 amide bonds. The maximum absolute atomic E-state index is 3.60. The zero-order chi connectivity index (χ0) is 20.1. The second-order valence-electron chi connectivity index (χ2n) is 7.29. The number of hydrogen-bond donors (Lipinski definition) is 0. The number of benzene rings is 3. The number of aromatic amines is 1. The molecule has 1 aromatic heterocycles. The maximum atomic E-state index is 3.60. The van der Waals surface area contributed by atoms with E-state index in [0.29, 0.717) is 0 Å². The van der Waals surface area contributed by atoms with Crippen LogP contribution in [0.5, 0.6) is 0 Å². The Kier molecular flexibility index (Phi) is 7.05. The molecule has 3 aromatic carbocycles. The van der Waals surface area contributed by atoms with E-state index in [9.17, 15) is 0 Å². The zero-order valence-electron chi connectivity index (χ0n) is 17.2. The number of rotatable bonds is 5. The average molecular weight is 413 g/mol. The molecule has 0 atom stereocenters. The Hall–Kier alpha value is -3.36. The highest BCUT2D eigenvalue weighted by atomic mass is 35.5. The van der Waals surface area contributed by atoms with Gasteiger partial charge in [-0.25, -0.2) is 4.98 Å². The van der Waals surface area contributed by atoms with Crippen LogP contribution in [0.2, 0.25) is 0 Å². The van der Waals surface area contributed by atoms with Crippen LogP contribution >= 0.6 is 0 Å². The van der Waals surface area contributed by atoms with Crippen molar-refractivity contribution in [2.75, 3.05) is 19.0 Å². The molecule has 0 aliphatic heterocycles. The molecule has 1 heterocycles. The quantitative estimate of drug-likeness (QED) is 0.492. The highest BCUT2D eigenvalue weighted by Gasteiger charge is 2.12. The van der Waals surface area contributed by atoms with E-state index in [1.54, 1.807) is 0 Å². The van der Waals surface area contributed by atoms with E-state index in [-0.39, 0.29) is 12.4 Å². The highest BCUT2D eigenvalue weighted by Crippen LogP contribution is 2.23. The number of hydrogen-bond acceptors (Lipinski definition) is 1. The van der Waals surface area contributed by atoms with E-state index in [4.69, 9.17) is 0 Å². The maximum Gasteiger partial charge on any atom is 0.211 e. The van der Waals surface area contributed by atoms with E-state index in [1.807, 2.05) is 12.1 Å². The topological polar surface area (TPSA) is 17.4 Å². The number of pyridine rings is 1. The van der Waals surface area contributed by atoms with Gasteiger partial charge in [-0.1, -0.05) is 60.7 Å². The Balaban J connectivity index is 0.00000256. The number of nitrogens with zero attached hydrogens (tertiary/aromatic N) is 1. The van der Waals surface area contributed by atoms with Crippen LogP contribution in [0.4, 0.5) is 5.69 Å². The number of halogens is 1. The minimum absolute atomic E-state index is 0. The van der Waals surface area contributed by atoms with Gasteiger partial charge in [0.2, 0.25) is 11.4 Å². The number of H-pyrrole nitrogens is 1. The lowest BCUT2D eigenvalue weighted by atomic mass is 10.0. The predicted octanol–water partition coefficient (Wildman–Crippen LogP) is 3.08. The van der Waals surface area contributed by atoms with Crippen molar-refractivity contribution in [3.8, 4) is 22.5 Å². The molecule has 0 unspecified atom stereocenters. The first kappa shape index (κ1) is 21.4. The molecule has 1 N–H and O–H groups in total. The van der Waals surface area contributed by atoms with Gasteiger partial charge in [0.1, 0.15) is 0 Å². The normalized spacial score (nSPS) is 10.6. The molecule has 0 fully saturated rings. The van der Waals surface area contributed by atoms with E-state index < -0.39 is 0 Å². The molecule has 2 nitrogen and oxygen atoms in total. The summed E-state index contributed by atoms with van der Waals surface area (Å²) in [4.78, 5) is 5.71. The van der Waals surface area contributed by atoms with Gasteiger partial charge < -0.3 is 17.3 Å². The van der Waals surface area contributed by atoms with Crippen molar-refractivity contribution < 1.29 is 17.4 Å². The van der Waals surface area contributed by atoms with Crippen LogP contribution in [-0.4, -0.2) is 14.1 Å². The van der Waals surface area contributed by atoms with Crippen LogP contribution in [0, 0.1) is 0 Å². The van der Waals surface area contributed by atoms with Crippen LogP contribution in [-0.2, 0) is 0 Å². The summed E-state index contributed by atoms with van der Waals surface area (Å²) in [5.41, 5.74) is 8.12. The van der Waals surface area contributed by atoms with Crippen molar-refractivity contribution in [1.29, 1.82) is 0 Å². The fourth-order valence-electron chi connectivity index (χ4n) is 3.31. The Morgan fingerprint density at radius 1 is 0.600 bits per heavy atom. The van der Waals surface area contributed by atoms with E-state index in [1.165, 1.54) is 22.4 Å². The average Bonchev–Trinajstić information content (AvgIpc) is 2.79. The Morgan fingerprint density at radius 2 is 1.07 bits per heavy atom. The van der Waals surface area contributed by atoms with Crippen LogP contribution in [0.3, 0.4) is 0 Å². The summed E-state index contributed by atoms with van der Waals surface area (Å²) in [7, 11) is 4.11. The smallest absolute Gasteiger partial charge is 0.211 e. The summed E-state index contributed by atoms with van der Waals surface area (Å²) in [6, 6.07) is 33.9. The summed E-state index contributed by atoms with van der Waals surface area (Å²) in [6.45, 7) is 0. The van der Waals surface area contributed by atoms with Gasteiger partial charge in [0.25, 0.3) is 0 Å². The molecule has 0 spiro atoms. The van der Waals surface area contributed by atoms with E-state index in [2.05, 4.69) is 121 Å². The molecule has 0 saturated carbocycles. The molecule has 0 saturated heterocycles. The Bertz CT molecular complexity index is 1040. The minimum Gasteiger partial charge on any atom is -1.00 e. The van der Waals surface area contributed by atoms with Crippen molar-refractivity contribution in [2.24, 2.45) is 0 Å². The molecule has 150 valence electrons. The summed E-state index contributed by atoms with van der Waals surface area (Å²) < 4.78 is 0. The molecule has 4 rings (SSSR count). The van der Waals surface area contributed by atoms with Crippen molar-refractivity contribution in [1.82, 2.24) is 0 Å². The lowest BCUT2D eigenvalue weighted by Gasteiger charge is -2.11. The molecule has 30 heavy (non-hydrogen) atoms. The third kappa shape index (κ3) is 5.16. The van der Waals surface area contributed by atoms with Gasteiger partial charge >= 0.3 is 0 Å². The number of nitrogens with one attached hydrogen (secondary N) is 1. The van der Waals surface area contributed by atoms with Crippen LogP contribution < -0.4 is 22.3 Å². The van der Waals surface area contributed by atoms with Crippen molar-refractivity contribution >= 4 is 17.8 Å². The van der Waals surface area contributed by atoms with Crippen LogP contribution in [0.15, 0.2) is 97.1 Å². The third-order valence-electron chi connectivity index (χ3n) is 4.94. The van der Waals surface area contributed by atoms with Crippen LogP contribution in [0.25, 0.3) is 34.7 Å². The van der Waals surface area contributed by atoms with Gasteiger partial charge in [-0.3, -0.25) is 0 Å². The summed E-state index contributed by atoms with van der Waals surface area (Å²) in [5, 5.41) is 0. The molecule has 3 heteroatoms.